The first-order chi connectivity index (χ1) is 10.1. The van der Waals surface area contributed by atoms with Crippen LogP contribution in [-0.4, -0.2) is 41.7 Å². The average molecular weight is 291 g/mol. The normalized spacial score (nSPS) is 22.4. The van der Waals surface area contributed by atoms with Crippen molar-refractivity contribution in [1.82, 2.24) is 4.90 Å². The molecule has 0 spiro atoms. The number of rotatable bonds is 6. The van der Waals surface area contributed by atoms with Gasteiger partial charge in [-0.1, -0.05) is 19.1 Å². The lowest BCUT2D eigenvalue weighted by Gasteiger charge is -2.24. The summed E-state index contributed by atoms with van der Waals surface area (Å²) in [5, 5.41) is 12.2. The minimum atomic E-state index is -0.0132. The summed E-state index contributed by atoms with van der Waals surface area (Å²) in [4.78, 5) is 14.2. The fraction of sp³-hybridized carbons (Fsp3) is 0.562. The van der Waals surface area contributed by atoms with Crippen LogP contribution in [-0.2, 0) is 4.79 Å². The van der Waals surface area contributed by atoms with Crippen molar-refractivity contribution in [2.24, 2.45) is 5.92 Å². The van der Waals surface area contributed by atoms with Crippen molar-refractivity contribution in [2.45, 2.75) is 32.2 Å². The third kappa shape index (κ3) is 4.19. The Morgan fingerprint density at radius 1 is 1.48 bits per heavy atom. The maximum absolute atomic E-state index is 11.9. The van der Waals surface area contributed by atoms with Gasteiger partial charge in [0.15, 0.2) is 0 Å². The summed E-state index contributed by atoms with van der Waals surface area (Å²) in [7, 11) is 0. The van der Waals surface area contributed by atoms with E-state index in [4.69, 9.17) is 5.73 Å². The van der Waals surface area contributed by atoms with Crippen molar-refractivity contribution < 1.29 is 9.90 Å². The van der Waals surface area contributed by atoms with Crippen LogP contribution in [0.3, 0.4) is 0 Å². The standard InChI is InChI=1S/C16H25N3O2/c1-12-8-10-19(15(12)11-20)9-4-7-16(21)18-14-6-3-2-5-13(14)17/h2-3,5-6,12,15,20H,4,7-11,17H2,1H3,(H,18,21). The maximum Gasteiger partial charge on any atom is 0.224 e. The second-order valence-electron chi connectivity index (χ2n) is 5.79. The minimum Gasteiger partial charge on any atom is -0.397 e. The van der Waals surface area contributed by atoms with Crippen molar-refractivity contribution >= 4 is 17.3 Å². The molecule has 2 rings (SSSR count). The van der Waals surface area contributed by atoms with Crippen LogP contribution in [0, 0.1) is 5.92 Å². The van der Waals surface area contributed by atoms with Crippen LogP contribution >= 0.6 is 0 Å². The molecule has 1 aromatic rings. The minimum absolute atomic E-state index is 0.0132. The van der Waals surface area contributed by atoms with Gasteiger partial charge in [0.1, 0.15) is 0 Å². The molecule has 2 atom stereocenters. The van der Waals surface area contributed by atoms with Gasteiger partial charge in [-0.05, 0) is 44.0 Å². The zero-order valence-electron chi connectivity index (χ0n) is 12.6. The number of nitrogens with two attached hydrogens (primary N) is 1. The van der Waals surface area contributed by atoms with E-state index < -0.39 is 0 Å². The lowest BCUT2D eigenvalue weighted by molar-refractivity contribution is -0.116. The molecule has 2 unspecified atom stereocenters. The zero-order chi connectivity index (χ0) is 15.2. The highest BCUT2D eigenvalue weighted by molar-refractivity contribution is 5.93. The number of para-hydroxylation sites is 2. The molecular formula is C16H25N3O2. The zero-order valence-corrected chi connectivity index (χ0v) is 12.6. The van der Waals surface area contributed by atoms with Gasteiger partial charge in [-0.3, -0.25) is 9.69 Å². The van der Waals surface area contributed by atoms with Gasteiger partial charge >= 0.3 is 0 Å². The molecule has 1 heterocycles. The molecule has 1 aliphatic rings. The summed E-state index contributed by atoms with van der Waals surface area (Å²) in [5.74, 6) is 0.522. The van der Waals surface area contributed by atoms with Gasteiger partial charge in [-0.2, -0.15) is 0 Å². The summed E-state index contributed by atoms with van der Waals surface area (Å²) < 4.78 is 0. The van der Waals surface area contributed by atoms with Crippen LogP contribution in [0.25, 0.3) is 0 Å². The number of anilines is 2. The van der Waals surface area contributed by atoms with Crippen molar-refractivity contribution in [3.05, 3.63) is 24.3 Å². The van der Waals surface area contributed by atoms with Gasteiger partial charge in [-0.15, -0.1) is 0 Å². The van der Waals surface area contributed by atoms with Crippen molar-refractivity contribution in [3.63, 3.8) is 0 Å². The number of hydrogen-bond acceptors (Lipinski definition) is 4. The molecule has 1 fully saturated rings. The third-order valence-corrected chi connectivity index (χ3v) is 4.27. The van der Waals surface area contributed by atoms with Gasteiger partial charge in [0.2, 0.25) is 5.91 Å². The number of nitrogen functional groups attached to an aromatic ring is 1. The van der Waals surface area contributed by atoms with Crippen LogP contribution in [0.4, 0.5) is 11.4 Å². The first-order valence-electron chi connectivity index (χ1n) is 7.61. The number of nitrogens with zero attached hydrogens (tertiary/aromatic N) is 1. The van der Waals surface area contributed by atoms with Gasteiger partial charge < -0.3 is 16.2 Å². The number of aliphatic hydroxyl groups is 1. The number of nitrogens with one attached hydrogen (secondary N) is 1. The van der Waals surface area contributed by atoms with E-state index in [1.54, 1.807) is 12.1 Å². The second-order valence-corrected chi connectivity index (χ2v) is 5.79. The lowest BCUT2D eigenvalue weighted by Crippen LogP contribution is -2.36. The molecule has 1 amide bonds. The first kappa shape index (κ1) is 15.8. The number of hydrogen-bond donors (Lipinski definition) is 3. The second kappa shape index (κ2) is 7.43. The first-order valence-corrected chi connectivity index (χ1v) is 7.61. The van der Waals surface area contributed by atoms with E-state index in [-0.39, 0.29) is 18.6 Å². The molecule has 0 saturated carbocycles. The summed E-state index contributed by atoms with van der Waals surface area (Å²) in [5.41, 5.74) is 7.05. The molecule has 1 saturated heterocycles. The Labute approximate surface area is 126 Å². The summed E-state index contributed by atoms with van der Waals surface area (Å²) in [6.45, 7) is 4.24. The van der Waals surface area contributed by atoms with E-state index >= 15 is 0 Å². The number of amides is 1. The smallest absolute Gasteiger partial charge is 0.224 e. The van der Waals surface area contributed by atoms with Crippen molar-refractivity contribution in [2.75, 3.05) is 30.7 Å². The Kier molecular flexibility index (Phi) is 5.59. The highest BCUT2D eigenvalue weighted by Crippen LogP contribution is 2.23. The summed E-state index contributed by atoms with van der Waals surface area (Å²) in [6, 6.07) is 7.51. The highest BCUT2D eigenvalue weighted by Gasteiger charge is 2.29. The Morgan fingerprint density at radius 3 is 2.95 bits per heavy atom. The molecule has 0 radical (unpaired) electrons. The van der Waals surface area contributed by atoms with E-state index in [1.807, 2.05) is 12.1 Å². The van der Waals surface area contributed by atoms with Gasteiger partial charge in [0, 0.05) is 12.5 Å². The molecule has 0 aromatic heterocycles. The van der Waals surface area contributed by atoms with E-state index in [0.717, 1.165) is 25.9 Å². The molecule has 4 N–H and O–H groups in total. The SMILES string of the molecule is CC1CCN(CCCC(=O)Nc2ccccc2N)C1CO. The van der Waals surface area contributed by atoms with E-state index in [9.17, 15) is 9.90 Å². The molecule has 5 nitrogen and oxygen atoms in total. The van der Waals surface area contributed by atoms with Crippen molar-refractivity contribution in [3.8, 4) is 0 Å². The van der Waals surface area contributed by atoms with Crippen LogP contribution < -0.4 is 11.1 Å². The Hall–Kier alpha value is -1.59. The molecule has 116 valence electrons. The number of aliphatic hydroxyl groups excluding tert-OH is 1. The molecule has 0 bridgehead atoms. The number of likely N-dealkylation sites (tertiary alicyclic amines) is 1. The fourth-order valence-electron chi connectivity index (χ4n) is 2.93. The predicted molar refractivity (Wildman–Crippen MR) is 84.9 cm³/mol. The average Bonchev–Trinajstić information content (AvgIpc) is 2.82. The number of benzene rings is 1. The molecule has 0 aliphatic carbocycles. The quantitative estimate of drug-likeness (QED) is 0.697. The molecular weight excluding hydrogens is 266 g/mol. The van der Waals surface area contributed by atoms with Crippen LogP contribution in [0.5, 0.6) is 0 Å². The number of carbonyl (C=O) groups excluding carboxylic acids is 1. The summed E-state index contributed by atoms with van der Waals surface area (Å²) >= 11 is 0. The predicted octanol–water partition coefficient (Wildman–Crippen LogP) is 1.69. The largest absolute Gasteiger partial charge is 0.397 e. The van der Waals surface area contributed by atoms with Gasteiger partial charge in [0.05, 0.1) is 18.0 Å². The van der Waals surface area contributed by atoms with Crippen LogP contribution in [0.1, 0.15) is 26.2 Å². The molecule has 1 aromatic carbocycles. The monoisotopic (exact) mass is 291 g/mol. The van der Waals surface area contributed by atoms with Crippen LogP contribution in [0.15, 0.2) is 24.3 Å². The highest BCUT2D eigenvalue weighted by atomic mass is 16.3. The third-order valence-electron chi connectivity index (χ3n) is 4.27. The molecule has 1 aliphatic heterocycles. The fourth-order valence-corrected chi connectivity index (χ4v) is 2.93. The maximum atomic E-state index is 11.9. The van der Waals surface area contributed by atoms with Gasteiger partial charge in [-0.25, -0.2) is 0 Å². The van der Waals surface area contributed by atoms with E-state index in [0.29, 0.717) is 23.7 Å². The topological polar surface area (TPSA) is 78.6 Å². The van der Waals surface area contributed by atoms with E-state index in [1.165, 1.54) is 0 Å². The Morgan fingerprint density at radius 2 is 2.24 bits per heavy atom. The lowest BCUT2D eigenvalue weighted by atomic mass is 10.0. The number of carbonyl (C=O) groups is 1. The van der Waals surface area contributed by atoms with Gasteiger partial charge in [0.25, 0.3) is 0 Å². The summed E-state index contributed by atoms with van der Waals surface area (Å²) in [6.07, 6.45) is 2.39. The molecule has 21 heavy (non-hydrogen) atoms. The Bertz CT molecular complexity index is 478. The Balaban J connectivity index is 1.74. The van der Waals surface area contributed by atoms with E-state index in [2.05, 4.69) is 17.1 Å². The van der Waals surface area contributed by atoms with Crippen LogP contribution in [0.2, 0.25) is 0 Å². The molecule has 5 heteroatoms. The van der Waals surface area contributed by atoms with Crippen molar-refractivity contribution in [1.29, 1.82) is 0 Å².